The van der Waals surface area contributed by atoms with Gasteiger partial charge in [0.2, 0.25) is 5.91 Å². The van der Waals surface area contributed by atoms with Crippen LogP contribution in [0, 0.1) is 17.8 Å². The number of carbonyl (C=O) groups excluding carboxylic acids is 4. The van der Waals surface area contributed by atoms with Crippen LogP contribution >= 0.6 is 11.3 Å². The normalized spacial score (nSPS) is 17.0. The van der Waals surface area contributed by atoms with Crippen LogP contribution in [-0.2, 0) is 46.5 Å². The van der Waals surface area contributed by atoms with Gasteiger partial charge in [-0.15, -0.1) is 11.3 Å². The van der Waals surface area contributed by atoms with Gasteiger partial charge < -0.3 is 36.1 Å². The molecule has 16 nitrogen and oxygen atoms in total. The number of nitrogens with zero attached hydrogens (tertiary/aromatic N) is 3. The molecule has 1 aromatic heterocycles. The maximum atomic E-state index is 15.0. The first-order valence-corrected chi connectivity index (χ1v) is 23.6. The molecule has 2 aromatic carbocycles. The smallest absolute Gasteiger partial charge is 0.306 e. The summed E-state index contributed by atoms with van der Waals surface area (Å²) in [6.45, 7) is 12.3. The van der Waals surface area contributed by atoms with Gasteiger partial charge in [0.15, 0.2) is 0 Å². The number of amides is 3. The molecule has 1 saturated heterocycles. The van der Waals surface area contributed by atoms with Crippen molar-refractivity contribution in [3.05, 3.63) is 75.7 Å². The minimum absolute atomic E-state index is 0.0890. The van der Waals surface area contributed by atoms with Gasteiger partial charge in [0.1, 0.15) is 29.1 Å². The third-order valence-electron chi connectivity index (χ3n) is 12.0. The summed E-state index contributed by atoms with van der Waals surface area (Å²) in [5, 5.41) is 29.0. The van der Waals surface area contributed by atoms with Crippen molar-refractivity contribution in [2.24, 2.45) is 17.8 Å². The number of likely N-dealkylation sites (N-methyl/N-ethyl adjacent to an activating group) is 1. The molecule has 0 spiro atoms. The number of esters is 1. The maximum Gasteiger partial charge on any atom is 0.306 e. The zero-order chi connectivity index (χ0) is 47.6. The van der Waals surface area contributed by atoms with Crippen molar-refractivity contribution in [3.63, 3.8) is 0 Å². The van der Waals surface area contributed by atoms with Crippen LogP contribution in [0.2, 0.25) is 0 Å². The van der Waals surface area contributed by atoms with E-state index < -0.39 is 53.7 Å². The van der Waals surface area contributed by atoms with E-state index in [0.29, 0.717) is 49.6 Å². The number of hydroxylamine groups is 2. The van der Waals surface area contributed by atoms with Crippen LogP contribution in [-0.4, -0.2) is 112 Å². The molecule has 0 bridgehead atoms. The Bertz CT molecular complexity index is 1980. The third kappa shape index (κ3) is 16.7. The number of aromatic hydroxyl groups is 1. The number of thiazole rings is 1. The van der Waals surface area contributed by atoms with Gasteiger partial charge >= 0.3 is 11.9 Å². The number of aromatic nitrogens is 1. The van der Waals surface area contributed by atoms with E-state index in [1.807, 2.05) is 63.9 Å². The predicted molar refractivity (Wildman–Crippen MR) is 249 cm³/mol. The van der Waals surface area contributed by atoms with Crippen LogP contribution in [0.3, 0.4) is 0 Å². The number of phenols is 1. The van der Waals surface area contributed by atoms with Gasteiger partial charge in [0.05, 0.1) is 31.2 Å². The quantitative estimate of drug-likeness (QED) is 0.0258. The molecule has 358 valence electrons. The number of likely N-dealkylation sites (tertiary alicyclic amines) is 1. The Morgan fingerprint density at radius 2 is 1.66 bits per heavy atom. The molecule has 6 N–H and O–H groups in total. The van der Waals surface area contributed by atoms with Gasteiger partial charge in [-0.05, 0) is 99.3 Å². The number of nitrogens with one attached hydrogen (secondary N) is 2. The van der Waals surface area contributed by atoms with Crippen molar-refractivity contribution in [1.29, 1.82) is 0 Å². The molecule has 4 rings (SSSR count). The summed E-state index contributed by atoms with van der Waals surface area (Å²) < 4.78 is 11.5. The van der Waals surface area contributed by atoms with Crippen LogP contribution in [0.5, 0.6) is 5.75 Å². The summed E-state index contributed by atoms with van der Waals surface area (Å²) >= 11 is 1.21. The average Bonchev–Trinajstić information content (AvgIpc) is 3.77. The Morgan fingerprint density at radius 3 is 2.29 bits per heavy atom. The lowest BCUT2D eigenvalue weighted by molar-refractivity contribution is -0.212. The zero-order valence-corrected chi connectivity index (χ0v) is 39.8. The number of nitrogen functional groups attached to an aromatic ring is 1. The third-order valence-corrected chi connectivity index (χ3v) is 13.0. The van der Waals surface area contributed by atoms with Gasteiger partial charge in [-0.1, -0.05) is 71.7 Å². The summed E-state index contributed by atoms with van der Waals surface area (Å²) in [5.74, 6) is -4.28. The van der Waals surface area contributed by atoms with Crippen molar-refractivity contribution in [1.82, 2.24) is 25.6 Å². The first kappa shape index (κ1) is 52.5. The van der Waals surface area contributed by atoms with Crippen molar-refractivity contribution in [3.8, 4) is 5.75 Å². The maximum absolute atomic E-state index is 15.0. The molecule has 0 unspecified atom stereocenters. The highest BCUT2D eigenvalue weighted by atomic mass is 32.1. The van der Waals surface area contributed by atoms with Crippen LogP contribution in [0.15, 0.2) is 53.9 Å². The first-order chi connectivity index (χ1) is 31.0. The largest absolute Gasteiger partial charge is 0.508 e. The predicted octanol–water partition coefficient (Wildman–Crippen LogP) is 6.33. The van der Waals surface area contributed by atoms with E-state index >= 15 is 0 Å². The Balaban J connectivity index is 1.61. The number of ether oxygens (including phenoxy) is 2. The molecule has 3 amide bonds. The molecule has 17 heteroatoms. The topological polar surface area (TPSA) is 223 Å². The fourth-order valence-corrected chi connectivity index (χ4v) is 8.69. The number of hydrogen-bond acceptors (Lipinski definition) is 13. The van der Waals surface area contributed by atoms with Crippen LogP contribution in [0.4, 0.5) is 5.69 Å². The van der Waals surface area contributed by atoms with E-state index in [2.05, 4.69) is 10.6 Å². The lowest BCUT2D eigenvalue weighted by Crippen LogP contribution is -2.58. The second kappa shape index (κ2) is 26.1. The van der Waals surface area contributed by atoms with Crippen molar-refractivity contribution in [2.75, 3.05) is 39.1 Å². The molecule has 2 heterocycles. The number of carboxylic acid groups (broad SMARTS) is 1. The Hall–Kier alpha value is -5.10. The van der Waals surface area contributed by atoms with E-state index in [4.69, 9.17) is 25.0 Å². The highest BCUT2D eigenvalue weighted by molar-refractivity contribution is 7.09. The minimum Gasteiger partial charge on any atom is -0.508 e. The molecular formula is C48H70N6O10S. The molecule has 65 heavy (non-hydrogen) atoms. The van der Waals surface area contributed by atoms with Gasteiger partial charge in [-0.2, -0.15) is 0 Å². The molecular weight excluding hydrogens is 853 g/mol. The van der Waals surface area contributed by atoms with E-state index in [1.54, 1.807) is 24.4 Å². The van der Waals surface area contributed by atoms with E-state index in [1.165, 1.54) is 35.5 Å². The van der Waals surface area contributed by atoms with E-state index in [-0.39, 0.29) is 61.3 Å². The van der Waals surface area contributed by atoms with Crippen molar-refractivity contribution < 1.29 is 48.5 Å². The average molecular weight is 923 g/mol. The Morgan fingerprint density at radius 1 is 0.969 bits per heavy atom. The first-order valence-electron chi connectivity index (χ1n) is 22.8. The van der Waals surface area contributed by atoms with E-state index in [9.17, 15) is 34.2 Å². The van der Waals surface area contributed by atoms with Gasteiger partial charge in [-0.3, -0.25) is 33.7 Å². The number of piperidine rings is 1. The highest BCUT2D eigenvalue weighted by Crippen LogP contribution is 2.32. The fourth-order valence-electron chi connectivity index (χ4n) is 7.79. The number of hydrogen-bond donors (Lipinski definition) is 5. The second-order valence-electron chi connectivity index (χ2n) is 17.6. The van der Waals surface area contributed by atoms with Crippen molar-refractivity contribution in [2.45, 2.75) is 130 Å². The van der Waals surface area contributed by atoms with Gasteiger partial charge in [0, 0.05) is 36.6 Å². The summed E-state index contributed by atoms with van der Waals surface area (Å²) in [4.78, 5) is 79.9. The lowest BCUT2D eigenvalue weighted by atomic mass is 9.91. The van der Waals surface area contributed by atoms with Crippen LogP contribution < -0.4 is 16.4 Å². The summed E-state index contributed by atoms with van der Waals surface area (Å²) in [7, 11) is 1.93. The monoisotopic (exact) mass is 922 g/mol. The molecule has 0 saturated carbocycles. The highest BCUT2D eigenvalue weighted by Gasteiger charge is 2.39. The minimum atomic E-state index is -0.993. The van der Waals surface area contributed by atoms with E-state index in [0.717, 1.165) is 30.5 Å². The number of benzene rings is 2. The zero-order valence-electron chi connectivity index (χ0n) is 39.0. The van der Waals surface area contributed by atoms with Gasteiger partial charge in [0.25, 0.3) is 11.8 Å². The molecule has 0 radical (unpaired) electrons. The SMILES string of the molecule is CC[C@H](C)[C@H](NC(=O)[C@H]1CCCCN1C)C(=O)N(OCCCOCc1ccc(N)cc1)[C@H](C[C@@H](COC(C)=O)c1nc(C(=O)N[C@@H](Cc2ccc(O)cc2)C[C@H](C)C(=O)O)cs1)C(C)C. The number of phenolic OH excluding ortho intramolecular Hbond substituents is 1. The summed E-state index contributed by atoms with van der Waals surface area (Å²) in [5.41, 5.74) is 8.37. The number of nitrogens with two attached hydrogens (primary N) is 1. The molecule has 1 aliphatic heterocycles. The summed E-state index contributed by atoms with van der Waals surface area (Å²) in [6, 6.07) is 11.5. The second-order valence-corrected chi connectivity index (χ2v) is 18.5. The standard InChI is InChI=1S/C48H70N6O10S/c1-8-31(4)43(52-45(58)41-12-9-10-21-53(41)7)47(59)54(64-23-11-22-62-27-35-13-17-37(49)18-14-35)42(30(2)3)26-36(28-63-33(6)55)46-51-40(29-65-46)44(57)50-38(24-32(5)48(60)61)25-34-15-19-39(56)20-16-34/h13-20,29-32,36,38,41-43,56H,8-12,21-28,49H2,1-7H3,(H,50,57)(H,52,58)(H,60,61)/t31-,32-,36-,38+,41+,42+,43-/m0/s1. The molecule has 0 aliphatic carbocycles. The van der Waals surface area contributed by atoms with Crippen LogP contribution in [0.1, 0.15) is 119 Å². The number of carbonyl (C=O) groups is 5. The lowest BCUT2D eigenvalue weighted by Gasteiger charge is -2.39. The molecule has 1 fully saturated rings. The molecule has 3 aromatic rings. The molecule has 7 atom stereocenters. The number of anilines is 1. The number of carboxylic acids is 1. The van der Waals surface area contributed by atoms with Crippen LogP contribution in [0.25, 0.3) is 0 Å². The Kier molecular flexibility index (Phi) is 21.1. The number of rotatable bonds is 26. The molecule has 1 aliphatic rings. The number of aliphatic carboxylic acids is 1. The Labute approximate surface area is 387 Å². The van der Waals surface area contributed by atoms with Gasteiger partial charge in [-0.25, -0.2) is 10.0 Å². The summed E-state index contributed by atoms with van der Waals surface area (Å²) in [6.07, 6.45) is 4.38. The fraction of sp³-hybridized carbons (Fsp3) is 0.583. The van der Waals surface area contributed by atoms with Crippen molar-refractivity contribution >= 4 is 46.7 Å².